The molecular weight excluding hydrogens is 232 g/mol. The van der Waals surface area contributed by atoms with Crippen LogP contribution in [0.15, 0.2) is 30.5 Å². The Morgan fingerprint density at radius 2 is 1.94 bits per heavy atom. The van der Waals surface area contributed by atoms with Crippen molar-refractivity contribution in [1.29, 1.82) is 0 Å². The summed E-state index contributed by atoms with van der Waals surface area (Å²) in [6, 6.07) is 7.34. The largest absolute Gasteiger partial charge is 0.497 e. The van der Waals surface area contributed by atoms with E-state index < -0.39 is 0 Å². The lowest BCUT2D eigenvalue weighted by Crippen LogP contribution is -2.21. The fourth-order valence-corrected chi connectivity index (χ4v) is 1.45. The first kappa shape index (κ1) is 12.1. The second kappa shape index (κ2) is 4.87. The van der Waals surface area contributed by atoms with Crippen LogP contribution in [0.2, 0.25) is 0 Å². The first-order chi connectivity index (χ1) is 8.61. The van der Waals surface area contributed by atoms with Crippen molar-refractivity contribution in [2.75, 3.05) is 21.2 Å². The normalized spacial score (nSPS) is 10.2. The van der Waals surface area contributed by atoms with Crippen molar-refractivity contribution in [1.82, 2.24) is 19.9 Å². The molecule has 0 N–H and O–H groups in total. The third kappa shape index (κ3) is 2.32. The number of carbonyl (C=O) groups excluding carboxylic acids is 1. The van der Waals surface area contributed by atoms with Gasteiger partial charge in [-0.05, 0) is 24.3 Å². The van der Waals surface area contributed by atoms with Gasteiger partial charge in [-0.25, -0.2) is 4.68 Å². The fourth-order valence-electron chi connectivity index (χ4n) is 1.45. The standard InChI is InChI=1S/C12H14N4O2/c1-15(2)12(17)11-8-16(14-13-11)9-4-6-10(18-3)7-5-9/h4-8H,1-3H3. The van der Waals surface area contributed by atoms with Gasteiger partial charge in [0.1, 0.15) is 5.75 Å². The van der Waals surface area contributed by atoms with Crippen molar-refractivity contribution in [3.63, 3.8) is 0 Å². The maximum absolute atomic E-state index is 11.7. The summed E-state index contributed by atoms with van der Waals surface area (Å²) < 4.78 is 6.63. The van der Waals surface area contributed by atoms with Crippen LogP contribution in [-0.2, 0) is 0 Å². The number of hydrogen-bond acceptors (Lipinski definition) is 4. The van der Waals surface area contributed by atoms with E-state index >= 15 is 0 Å². The predicted octanol–water partition coefficient (Wildman–Crippen LogP) is 0.978. The highest BCUT2D eigenvalue weighted by Gasteiger charge is 2.13. The Morgan fingerprint density at radius 1 is 1.28 bits per heavy atom. The van der Waals surface area contributed by atoms with Crippen molar-refractivity contribution in [3.05, 3.63) is 36.2 Å². The first-order valence-corrected chi connectivity index (χ1v) is 5.40. The third-order valence-electron chi connectivity index (χ3n) is 2.46. The van der Waals surface area contributed by atoms with Crippen molar-refractivity contribution in [3.8, 4) is 11.4 Å². The summed E-state index contributed by atoms with van der Waals surface area (Å²) in [5, 5.41) is 7.77. The highest BCUT2D eigenvalue weighted by atomic mass is 16.5. The van der Waals surface area contributed by atoms with E-state index in [4.69, 9.17) is 4.74 Å². The van der Waals surface area contributed by atoms with Crippen LogP contribution in [-0.4, -0.2) is 47.0 Å². The molecule has 0 aliphatic carbocycles. The van der Waals surface area contributed by atoms with Gasteiger partial charge < -0.3 is 9.64 Å². The van der Waals surface area contributed by atoms with Gasteiger partial charge in [-0.3, -0.25) is 4.79 Å². The summed E-state index contributed by atoms with van der Waals surface area (Å²) in [4.78, 5) is 13.1. The number of ether oxygens (including phenoxy) is 1. The quantitative estimate of drug-likeness (QED) is 0.810. The highest BCUT2D eigenvalue weighted by molar-refractivity contribution is 5.91. The molecule has 94 valence electrons. The molecule has 0 atom stereocenters. The van der Waals surface area contributed by atoms with Crippen LogP contribution >= 0.6 is 0 Å². The van der Waals surface area contributed by atoms with E-state index in [0.717, 1.165) is 11.4 Å². The molecule has 0 bridgehead atoms. The molecule has 0 radical (unpaired) electrons. The summed E-state index contributed by atoms with van der Waals surface area (Å²) in [7, 11) is 4.96. The third-order valence-corrected chi connectivity index (χ3v) is 2.46. The second-order valence-corrected chi connectivity index (χ2v) is 3.95. The van der Waals surface area contributed by atoms with Gasteiger partial charge in [0, 0.05) is 14.1 Å². The summed E-state index contributed by atoms with van der Waals surface area (Å²) in [5.74, 6) is 0.596. The Kier molecular flexibility index (Phi) is 3.27. The van der Waals surface area contributed by atoms with E-state index in [1.165, 1.54) is 4.90 Å². The van der Waals surface area contributed by atoms with Gasteiger partial charge >= 0.3 is 0 Å². The number of benzene rings is 1. The molecule has 6 nitrogen and oxygen atoms in total. The van der Waals surface area contributed by atoms with Gasteiger partial charge in [0.2, 0.25) is 0 Å². The van der Waals surface area contributed by atoms with E-state index in [-0.39, 0.29) is 5.91 Å². The lowest BCUT2D eigenvalue weighted by molar-refractivity contribution is 0.0822. The minimum Gasteiger partial charge on any atom is -0.497 e. The Bertz CT molecular complexity index is 545. The Morgan fingerprint density at radius 3 is 2.50 bits per heavy atom. The zero-order valence-corrected chi connectivity index (χ0v) is 10.5. The summed E-state index contributed by atoms with van der Waals surface area (Å²) in [5.41, 5.74) is 1.14. The molecule has 2 rings (SSSR count). The molecule has 0 aliphatic rings. The van der Waals surface area contributed by atoms with Gasteiger partial charge in [0.25, 0.3) is 5.91 Å². The van der Waals surface area contributed by atoms with Crippen molar-refractivity contribution in [2.24, 2.45) is 0 Å². The van der Waals surface area contributed by atoms with Gasteiger partial charge in [0.15, 0.2) is 5.69 Å². The Labute approximate surface area is 105 Å². The van der Waals surface area contributed by atoms with E-state index in [1.807, 2.05) is 24.3 Å². The number of carbonyl (C=O) groups is 1. The molecule has 18 heavy (non-hydrogen) atoms. The lowest BCUT2D eigenvalue weighted by atomic mass is 10.3. The topological polar surface area (TPSA) is 60.2 Å². The maximum Gasteiger partial charge on any atom is 0.275 e. The average molecular weight is 246 g/mol. The minimum atomic E-state index is -0.172. The molecule has 0 unspecified atom stereocenters. The molecule has 0 saturated carbocycles. The Balaban J connectivity index is 2.26. The van der Waals surface area contributed by atoms with Gasteiger partial charge in [-0.2, -0.15) is 0 Å². The van der Waals surface area contributed by atoms with Crippen molar-refractivity contribution in [2.45, 2.75) is 0 Å². The van der Waals surface area contributed by atoms with E-state index in [9.17, 15) is 4.79 Å². The molecule has 0 fully saturated rings. The van der Waals surface area contributed by atoms with Crippen molar-refractivity contribution < 1.29 is 9.53 Å². The van der Waals surface area contributed by atoms with Crippen LogP contribution in [0.4, 0.5) is 0 Å². The molecule has 1 amide bonds. The number of amides is 1. The maximum atomic E-state index is 11.7. The number of rotatable bonds is 3. The molecule has 1 heterocycles. The van der Waals surface area contributed by atoms with Crippen LogP contribution in [0.3, 0.4) is 0 Å². The number of hydrogen-bond donors (Lipinski definition) is 0. The molecule has 1 aromatic heterocycles. The number of nitrogens with zero attached hydrogens (tertiary/aromatic N) is 4. The van der Waals surface area contributed by atoms with E-state index in [1.54, 1.807) is 32.1 Å². The molecule has 1 aromatic carbocycles. The smallest absolute Gasteiger partial charge is 0.275 e. The zero-order valence-electron chi connectivity index (χ0n) is 10.5. The number of aromatic nitrogens is 3. The van der Waals surface area contributed by atoms with Crippen LogP contribution < -0.4 is 4.74 Å². The minimum absolute atomic E-state index is 0.172. The summed E-state index contributed by atoms with van der Waals surface area (Å²) in [6.45, 7) is 0. The van der Waals surface area contributed by atoms with Gasteiger partial charge in [-0.1, -0.05) is 5.21 Å². The molecule has 6 heteroatoms. The summed E-state index contributed by atoms with van der Waals surface area (Å²) >= 11 is 0. The van der Waals surface area contributed by atoms with Gasteiger partial charge in [-0.15, -0.1) is 5.10 Å². The van der Waals surface area contributed by atoms with Crippen LogP contribution in [0.1, 0.15) is 10.5 Å². The zero-order chi connectivity index (χ0) is 13.1. The molecule has 0 spiro atoms. The summed E-state index contributed by atoms with van der Waals surface area (Å²) in [6.07, 6.45) is 1.60. The predicted molar refractivity (Wildman–Crippen MR) is 65.9 cm³/mol. The fraction of sp³-hybridized carbons (Fsp3) is 0.250. The monoisotopic (exact) mass is 246 g/mol. The Hall–Kier alpha value is -2.37. The molecule has 0 aliphatic heterocycles. The highest BCUT2D eigenvalue weighted by Crippen LogP contribution is 2.14. The average Bonchev–Trinajstić information content (AvgIpc) is 2.87. The number of methoxy groups -OCH3 is 1. The molecular formula is C12H14N4O2. The molecule has 2 aromatic rings. The lowest BCUT2D eigenvalue weighted by Gasteiger charge is -2.06. The first-order valence-electron chi connectivity index (χ1n) is 5.40. The van der Waals surface area contributed by atoms with Crippen LogP contribution in [0.5, 0.6) is 5.75 Å². The van der Waals surface area contributed by atoms with Crippen LogP contribution in [0.25, 0.3) is 5.69 Å². The molecule has 0 saturated heterocycles. The van der Waals surface area contributed by atoms with Gasteiger partial charge in [0.05, 0.1) is 19.0 Å². The van der Waals surface area contributed by atoms with Crippen molar-refractivity contribution >= 4 is 5.91 Å². The second-order valence-electron chi connectivity index (χ2n) is 3.95. The SMILES string of the molecule is COc1ccc(-n2cc(C(=O)N(C)C)nn2)cc1. The van der Waals surface area contributed by atoms with Crippen LogP contribution in [0, 0.1) is 0 Å². The van der Waals surface area contributed by atoms with E-state index in [0.29, 0.717) is 5.69 Å². The van der Waals surface area contributed by atoms with E-state index in [2.05, 4.69) is 10.3 Å².